The molecular weight excluding hydrogens is 212 g/mol. The fraction of sp³-hybridized carbons (Fsp3) is 0.900. The SMILES string of the molecule is CC(C)NC(=O)NCC1(O)CCSCC1. The molecular formula is C10H20N2O2S. The second-order valence-corrected chi connectivity index (χ2v) is 5.54. The number of urea groups is 1. The Labute approximate surface area is 95.2 Å². The van der Waals surface area contributed by atoms with Crippen LogP contribution < -0.4 is 10.6 Å². The van der Waals surface area contributed by atoms with Crippen LogP contribution in [0.25, 0.3) is 0 Å². The fourth-order valence-electron chi connectivity index (χ4n) is 1.49. The minimum absolute atomic E-state index is 0.126. The molecule has 0 aromatic heterocycles. The molecule has 1 saturated heterocycles. The standard InChI is InChI=1S/C10H20N2O2S/c1-8(2)12-9(13)11-7-10(14)3-5-15-6-4-10/h8,14H,3-7H2,1-2H3,(H2,11,12,13). The van der Waals surface area contributed by atoms with Crippen LogP contribution in [0.1, 0.15) is 26.7 Å². The lowest BCUT2D eigenvalue weighted by Gasteiger charge is -2.31. The van der Waals surface area contributed by atoms with Crippen LogP contribution in [0.15, 0.2) is 0 Å². The molecule has 15 heavy (non-hydrogen) atoms. The summed E-state index contributed by atoms with van der Waals surface area (Å²) in [5.41, 5.74) is -0.695. The van der Waals surface area contributed by atoms with Crippen LogP contribution in [0.3, 0.4) is 0 Å². The quantitative estimate of drug-likeness (QED) is 0.679. The Kier molecular flexibility index (Phi) is 4.73. The van der Waals surface area contributed by atoms with Gasteiger partial charge in [0.1, 0.15) is 0 Å². The summed E-state index contributed by atoms with van der Waals surface area (Å²) < 4.78 is 0. The van der Waals surface area contributed by atoms with Crippen molar-refractivity contribution >= 4 is 17.8 Å². The molecule has 4 nitrogen and oxygen atoms in total. The second kappa shape index (κ2) is 5.61. The molecule has 0 spiro atoms. The van der Waals surface area contributed by atoms with Gasteiger partial charge in [0.15, 0.2) is 0 Å². The van der Waals surface area contributed by atoms with Crippen molar-refractivity contribution in [1.29, 1.82) is 0 Å². The Balaban J connectivity index is 2.25. The van der Waals surface area contributed by atoms with Crippen LogP contribution in [0.2, 0.25) is 0 Å². The Morgan fingerprint density at radius 2 is 2.07 bits per heavy atom. The van der Waals surface area contributed by atoms with Crippen molar-refractivity contribution in [2.24, 2.45) is 0 Å². The molecule has 2 amide bonds. The maximum atomic E-state index is 11.3. The number of rotatable bonds is 3. The van der Waals surface area contributed by atoms with E-state index in [9.17, 15) is 9.90 Å². The molecule has 1 aliphatic rings. The molecule has 0 aromatic rings. The number of carbonyl (C=O) groups excluding carboxylic acids is 1. The molecule has 0 aliphatic carbocycles. The van der Waals surface area contributed by atoms with E-state index in [0.29, 0.717) is 6.54 Å². The summed E-state index contributed by atoms with van der Waals surface area (Å²) >= 11 is 1.85. The van der Waals surface area contributed by atoms with Gasteiger partial charge in [-0.25, -0.2) is 4.79 Å². The van der Waals surface area contributed by atoms with Gasteiger partial charge in [-0.3, -0.25) is 0 Å². The highest BCUT2D eigenvalue weighted by atomic mass is 32.2. The monoisotopic (exact) mass is 232 g/mol. The molecule has 0 atom stereocenters. The molecule has 1 aliphatic heterocycles. The molecule has 1 fully saturated rings. The average molecular weight is 232 g/mol. The van der Waals surface area contributed by atoms with E-state index in [1.54, 1.807) is 0 Å². The third kappa shape index (κ3) is 4.75. The van der Waals surface area contributed by atoms with E-state index >= 15 is 0 Å². The first-order valence-electron chi connectivity index (χ1n) is 5.36. The number of carbonyl (C=O) groups is 1. The summed E-state index contributed by atoms with van der Waals surface area (Å²) in [5.74, 6) is 1.95. The third-order valence-electron chi connectivity index (χ3n) is 2.42. The summed E-state index contributed by atoms with van der Waals surface area (Å²) in [5, 5.41) is 15.5. The molecule has 3 N–H and O–H groups in total. The van der Waals surface area contributed by atoms with E-state index < -0.39 is 5.60 Å². The Hall–Kier alpha value is -0.420. The largest absolute Gasteiger partial charge is 0.388 e. The Bertz CT molecular complexity index is 215. The van der Waals surface area contributed by atoms with E-state index in [2.05, 4.69) is 10.6 Å². The number of hydrogen-bond donors (Lipinski definition) is 3. The number of thioether (sulfide) groups is 1. The highest BCUT2D eigenvalue weighted by molar-refractivity contribution is 7.99. The third-order valence-corrected chi connectivity index (χ3v) is 3.41. The van der Waals surface area contributed by atoms with E-state index in [-0.39, 0.29) is 12.1 Å². The highest BCUT2D eigenvalue weighted by Crippen LogP contribution is 2.25. The molecule has 0 unspecified atom stereocenters. The van der Waals surface area contributed by atoms with Crippen molar-refractivity contribution in [1.82, 2.24) is 10.6 Å². The first-order valence-corrected chi connectivity index (χ1v) is 6.52. The van der Waals surface area contributed by atoms with E-state index in [0.717, 1.165) is 24.3 Å². The molecule has 0 aromatic carbocycles. The topological polar surface area (TPSA) is 61.4 Å². The summed E-state index contributed by atoms with van der Waals surface area (Å²) in [4.78, 5) is 11.3. The van der Waals surface area contributed by atoms with Crippen molar-refractivity contribution in [3.8, 4) is 0 Å². The maximum absolute atomic E-state index is 11.3. The second-order valence-electron chi connectivity index (χ2n) is 4.32. The normalized spacial score (nSPS) is 20.0. The van der Waals surface area contributed by atoms with Gasteiger partial charge in [0.2, 0.25) is 0 Å². The first-order chi connectivity index (χ1) is 7.02. The van der Waals surface area contributed by atoms with E-state index in [4.69, 9.17) is 0 Å². The van der Waals surface area contributed by atoms with Gasteiger partial charge in [-0.1, -0.05) is 0 Å². The van der Waals surface area contributed by atoms with Gasteiger partial charge in [-0.2, -0.15) is 11.8 Å². The molecule has 0 radical (unpaired) electrons. The predicted octanol–water partition coefficient (Wildman–Crippen LogP) is 0.952. The number of aliphatic hydroxyl groups is 1. The minimum atomic E-state index is -0.695. The highest BCUT2D eigenvalue weighted by Gasteiger charge is 2.29. The number of nitrogens with one attached hydrogen (secondary N) is 2. The van der Waals surface area contributed by atoms with E-state index in [1.165, 1.54) is 0 Å². The fourth-order valence-corrected chi connectivity index (χ4v) is 2.74. The van der Waals surface area contributed by atoms with Gasteiger partial charge < -0.3 is 15.7 Å². The predicted molar refractivity (Wildman–Crippen MR) is 63.2 cm³/mol. The van der Waals surface area contributed by atoms with Gasteiger partial charge in [0, 0.05) is 12.6 Å². The van der Waals surface area contributed by atoms with Crippen LogP contribution >= 0.6 is 11.8 Å². The van der Waals surface area contributed by atoms with Crippen molar-refractivity contribution in [2.75, 3.05) is 18.1 Å². The zero-order chi connectivity index (χ0) is 11.3. The zero-order valence-electron chi connectivity index (χ0n) is 9.38. The first kappa shape index (κ1) is 12.6. The van der Waals surface area contributed by atoms with Gasteiger partial charge in [-0.05, 0) is 38.2 Å². The van der Waals surface area contributed by atoms with Crippen LogP contribution in [-0.4, -0.2) is 40.8 Å². The number of amides is 2. The van der Waals surface area contributed by atoms with Crippen LogP contribution in [0, 0.1) is 0 Å². The van der Waals surface area contributed by atoms with Crippen molar-refractivity contribution in [3.63, 3.8) is 0 Å². The lowest BCUT2D eigenvalue weighted by Crippen LogP contribution is -2.49. The Morgan fingerprint density at radius 1 is 1.47 bits per heavy atom. The molecule has 88 valence electrons. The van der Waals surface area contributed by atoms with E-state index in [1.807, 2.05) is 25.6 Å². The summed E-state index contributed by atoms with van der Waals surface area (Å²) in [7, 11) is 0. The summed E-state index contributed by atoms with van der Waals surface area (Å²) in [6, 6.07) is -0.0711. The van der Waals surface area contributed by atoms with Crippen molar-refractivity contribution in [3.05, 3.63) is 0 Å². The lowest BCUT2D eigenvalue weighted by molar-refractivity contribution is 0.0346. The summed E-state index contributed by atoms with van der Waals surface area (Å²) in [6.07, 6.45) is 1.53. The summed E-state index contributed by atoms with van der Waals surface area (Å²) in [6.45, 7) is 4.17. The smallest absolute Gasteiger partial charge is 0.315 e. The van der Waals surface area contributed by atoms with Crippen LogP contribution in [0.5, 0.6) is 0 Å². The molecule has 5 heteroatoms. The van der Waals surface area contributed by atoms with Crippen LogP contribution in [-0.2, 0) is 0 Å². The van der Waals surface area contributed by atoms with Crippen molar-refractivity contribution in [2.45, 2.75) is 38.3 Å². The molecule has 1 heterocycles. The maximum Gasteiger partial charge on any atom is 0.315 e. The van der Waals surface area contributed by atoms with Gasteiger partial charge in [0.05, 0.1) is 5.60 Å². The zero-order valence-corrected chi connectivity index (χ0v) is 10.2. The van der Waals surface area contributed by atoms with Gasteiger partial charge in [-0.15, -0.1) is 0 Å². The van der Waals surface area contributed by atoms with Crippen molar-refractivity contribution < 1.29 is 9.90 Å². The Morgan fingerprint density at radius 3 is 2.60 bits per heavy atom. The number of hydrogen-bond acceptors (Lipinski definition) is 3. The van der Waals surface area contributed by atoms with Gasteiger partial charge >= 0.3 is 6.03 Å². The van der Waals surface area contributed by atoms with Gasteiger partial charge in [0.25, 0.3) is 0 Å². The lowest BCUT2D eigenvalue weighted by atomic mass is 9.97. The van der Waals surface area contributed by atoms with Crippen LogP contribution in [0.4, 0.5) is 4.79 Å². The average Bonchev–Trinajstić information content (AvgIpc) is 2.15. The molecule has 0 bridgehead atoms. The molecule has 1 rings (SSSR count). The minimum Gasteiger partial charge on any atom is -0.388 e. The molecule has 0 saturated carbocycles.